The standard InChI is InChI=1S/C22H26FN3O3/c1-12-19-16(13-3-4-13)9-17(22(28)29)21(27)26(19)11-18(23)20(12)25-8-7-15(10-25)24(2)14-5-6-14/h9,11,13-15H,3-8,10H2,1-2H3,(H,28,29). The van der Waals surface area contributed by atoms with Gasteiger partial charge in [-0.05, 0) is 69.2 Å². The Morgan fingerprint density at radius 2 is 1.93 bits per heavy atom. The van der Waals surface area contributed by atoms with Crippen LogP contribution in [0.15, 0.2) is 17.1 Å². The van der Waals surface area contributed by atoms with Gasteiger partial charge in [-0.25, -0.2) is 9.18 Å². The Hall–Kier alpha value is -2.41. The second-order valence-electron chi connectivity index (χ2n) is 8.85. The number of hydrogen-bond donors (Lipinski definition) is 1. The zero-order valence-electron chi connectivity index (χ0n) is 16.8. The van der Waals surface area contributed by atoms with E-state index in [1.807, 2.05) is 6.92 Å². The molecule has 154 valence electrons. The van der Waals surface area contributed by atoms with Crippen molar-refractivity contribution in [3.8, 4) is 0 Å². The maximum absolute atomic E-state index is 15.2. The number of fused-ring (bicyclic) bond motifs is 1. The van der Waals surface area contributed by atoms with Crippen LogP contribution in [-0.4, -0.2) is 52.6 Å². The van der Waals surface area contributed by atoms with Crippen LogP contribution in [0.5, 0.6) is 0 Å². The number of aromatic nitrogens is 1. The summed E-state index contributed by atoms with van der Waals surface area (Å²) < 4.78 is 16.4. The van der Waals surface area contributed by atoms with E-state index in [4.69, 9.17) is 0 Å². The van der Waals surface area contributed by atoms with Gasteiger partial charge in [0.1, 0.15) is 5.56 Å². The van der Waals surface area contributed by atoms with E-state index in [0.717, 1.165) is 43.5 Å². The van der Waals surface area contributed by atoms with E-state index in [9.17, 15) is 14.7 Å². The molecule has 0 bridgehead atoms. The number of halogens is 1. The highest BCUT2D eigenvalue weighted by atomic mass is 19.1. The van der Waals surface area contributed by atoms with Gasteiger partial charge in [0.05, 0.1) is 17.4 Å². The number of aromatic carboxylic acids is 1. The summed E-state index contributed by atoms with van der Waals surface area (Å²) in [5.41, 5.74) is 1.86. The zero-order chi connectivity index (χ0) is 20.4. The molecule has 0 radical (unpaired) electrons. The number of carboxylic acids is 1. The fourth-order valence-corrected chi connectivity index (χ4v) is 4.95. The van der Waals surface area contributed by atoms with Crippen LogP contribution in [0.1, 0.15) is 59.5 Å². The fourth-order valence-electron chi connectivity index (χ4n) is 4.95. The Bertz CT molecular complexity index is 1070. The van der Waals surface area contributed by atoms with Crippen LogP contribution < -0.4 is 10.5 Å². The first-order valence-electron chi connectivity index (χ1n) is 10.5. The molecule has 0 spiro atoms. The third-order valence-electron chi connectivity index (χ3n) is 6.87. The minimum Gasteiger partial charge on any atom is -0.477 e. The van der Waals surface area contributed by atoms with Crippen LogP contribution in [0.2, 0.25) is 0 Å². The van der Waals surface area contributed by atoms with Crippen LogP contribution in [0, 0.1) is 12.7 Å². The third-order valence-corrected chi connectivity index (χ3v) is 6.87. The van der Waals surface area contributed by atoms with Gasteiger partial charge in [0.25, 0.3) is 5.56 Å². The van der Waals surface area contributed by atoms with Gasteiger partial charge in [-0.2, -0.15) is 0 Å². The summed E-state index contributed by atoms with van der Waals surface area (Å²) in [6, 6.07) is 2.59. The van der Waals surface area contributed by atoms with E-state index < -0.39 is 17.3 Å². The molecule has 3 aliphatic rings. The van der Waals surface area contributed by atoms with Crippen molar-refractivity contribution in [1.82, 2.24) is 9.30 Å². The Labute approximate surface area is 168 Å². The molecule has 2 aliphatic carbocycles. The van der Waals surface area contributed by atoms with Crippen molar-refractivity contribution < 1.29 is 14.3 Å². The lowest BCUT2D eigenvalue weighted by Gasteiger charge is -2.27. The molecular weight excluding hydrogens is 373 g/mol. The number of hydrogen-bond acceptors (Lipinski definition) is 4. The maximum atomic E-state index is 15.2. The lowest BCUT2D eigenvalue weighted by Crippen LogP contribution is -2.36. The molecule has 1 unspecified atom stereocenters. The SMILES string of the molecule is Cc1c(N2CCC(N(C)C3CC3)C2)c(F)cn2c(=O)c(C(=O)O)cc(C3CC3)c12. The summed E-state index contributed by atoms with van der Waals surface area (Å²) in [5, 5.41) is 9.43. The van der Waals surface area contributed by atoms with Crippen LogP contribution in [0.3, 0.4) is 0 Å². The predicted molar refractivity (Wildman–Crippen MR) is 109 cm³/mol. The van der Waals surface area contributed by atoms with Gasteiger partial charge >= 0.3 is 5.97 Å². The Morgan fingerprint density at radius 1 is 1.21 bits per heavy atom. The van der Waals surface area contributed by atoms with Gasteiger partial charge in [0.15, 0.2) is 5.82 Å². The monoisotopic (exact) mass is 399 g/mol. The molecule has 1 aliphatic heterocycles. The second-order valence-corrected chi connectivity index (χ2v) is 8.85. The van der Waals surface area contributed by atoms with E-state index >= 15 is 4.39 Å². The average Bonchev–Trinajstić information content (AvgIpc) is 3.59. The van der Waals surface area contributed by atoms with Gasteiger partial charge in [0, 0.05) is 25.2 Å². The average molecular weight is 399 g/mol. The highest BCUT2D eigenvalue weighted by molar-refractivity contribution is 5.89. The first-order valence-corrected chi connectivity index (χ1v) is 10.5. The quantitative estimate of drug-likeness (QED) is 0.837. The summed E-state index contributed by atoms with van der Waals surface area (Å²) in [6.45, 7) is 3.42. The summed E-state index contributed by atoms with van der Waals surface area (Å²) in [7, 11) is 2.16. The molecule has 0 aromatic carbocycles. The minimum absolute atomic E-state index is 0.244. The molecule has 7 heteroatoms. The van der Waals surface area contributed by atoms with Crippen molar-refractivity contribution in [2.45, 2.75) is 57.0 Å². The van der Waals surface area contributed by atoms with Gasteiger partial charge in [-0.1, -0.05) is 0 Å². The second kappa shape index (κ2) is 6.55. The number of pyridine rings is 2. The molecule has 6 nitrogen and oxygen atoms in total. The fraction of sp³-hybridized carbons (Fsp3) is 0.545. The molecule has 2 aromatic heterocycles. The number of rotatable bonds is 5. The van der Waals surface area contributed by atoms with E-state index in [1.165, 1.54) is 29.5 Å². The molecule has 2 saturated carbocycles. The number of anilines is 1. The van der Waals surface area contributed by atoms with E-state index in [1.54, 1.807) is 0 Å². The summed E-state index contributed by atoms with van der Waals surface area (Å²) in [6.07, 6.45) is 6.62. The van der Waals surface area contributed by atoms with Gasteiger partial charge < -0.3 is 10.0 Å². The lowest BCUT2D eigenvalue weighted by molar-refractivity contribution is 0.0694. The molecular formula is C22H26FN3O3. The van der Waals surface area contributed by atoms with Crippen molar-refractivity contribution in [2.24, 2.45) is 0 Å². The smallest absolute Gasteiger partial charge is 0.341 e. The Balaban J connectivity index is 1.62. The Morgan fingerprint density at radius 3 is 2.55 bits per heavy atom. The Kier molecular flexibility index (Phi) is 4.21. The molecule has 5 rings (SSSR count). The number of nitrogens with zero attached hydrogens (tertiary/aromatic N) is 3. The highest BCUT2D eigenvalue weighted by Gasteiger charge is 2.36. The lowest BCUT2D eigenvalue weighted by atomic mass is 10.0. The van der Waals surface area contributed by atoms with Crippen molar-refractivity contribution >= 4 is 17.2 Å². The van der Waals surface area contributed by atoms with Crippen LogP contribution in [0.4, 0.5) is 10.1 Å². The summed E-state index contributed by atoms with van der Waals surface area (Å²) in [4.78, 5) is 28.8. The molecule has 2 aromatic rings. The molecule has 29 heavy (non-hydrogen) atoms. The number of carbonyl (C=O) groups is 1. The molecule has 1 N–H and O–H groups in total. The van der Waals surface area contributed by atoms with Crippen LogP contribution in [-0.2, 0) is 0 Å². The summed E-state index contributed by atoms with van der Waals surface area (Å²) in [5.74, 6) is -1.48. The largest absolute Gasteiger partial charge is 0.477 e. The van der Waals surface area contributed by atoms with Crippen molar-refractivity contribution in [3.63, 3.8) is 0 Å². The van der Waals surface area contributed by atoms with E-state index in [0.29, 0.717) is 23.3 Å². The van der Waals surface area contributed by atoms with E-state index in [2.05, 4.69) is 16.8 Å². The predicted octanol–water partition coefficient (Wildman–Crippen LogP) is 3.00. The van der Waals surface area contributed by atoms with Crippen LogP contribution in [0.25, 0.3) is 5.52 Å². The number of aryl methyl sites for hydroxylation is 1. The topological polar surface area (TPSA) is 65.3 Å². The normalized spacial score (nSPS) is 22.1. The molecule has 3 fully saturated rings. The van der Waals surface area contributed by atoms with Gasteiger partial charge in [-0.15, -0.1) is 0 Å². The zero-order valence-corrected chi connectivity index (χ0v) is 16.8. The summed E-state index contributed by atoms with van der Waals surface area (Å²) >= 11 is 0. The van der Waals surface area contributed by atoms with Gasteiger partial charge in [0.2, 0.25) is 0 Å². The van der Waals surface area contributed by atoms with Crippen LogP contribution >= 0.6 is 0 Å². The number of carboxylic acid groups (broad SMARTS) is 1. The molecule has 3 heterocycles. The van der Waals surface area contributed by atoms with Crippen molar-refractivity contribution in [3.05, 3.63) is 45.1 Å². The third kappa shape index (κ3) is 3.03. The molecule has 1 atom stereocenters. The highest BCUT2D eigenvalue weighted by Crippen LogP contribution is 2.44. The molecule has 1 saturated heterocycles. The van der Waals surface area contributed by atoms with Crippen molar-refractivity contribution in [1.29, 1.82) is 0 Å². The van der Waals surface area contributed by atoms with E-state index in [-0.39, 0.29) is 11.5 Å². The minimum atomic E-state index is -1.26. The number of likely N-dealkylation sites (N-methyl/N-ethyl adjacent to an activating group) is 1. The van der Waals surface area contributed by atoms with Crippen molar-refractivity contribution in [2.75, 3.05) is 25.0 Å². The maximum Gasteiger partial charge on any atom is 0.341 e. The molecule has 0 amide bonds. The van der Waals surface area contributed by atoms with Gasteiger partial charge in [-0.3, -0.25) is 14.1 Å². The first-order chi connectivity index (χ1) is 13.9. The first kappa shape index (κ1) is 18.6.